The first-order valence-corrected chi connectivity index (χ1v) is 8.57. The van der Waals surface area contributed by atoms with Gasteiger partial charge in [-0.1, -0.05) is 18.2 Å². The van der Waals surface area contributed by atoms with E-state index in [0.29, 0.717) is 25.9 Å². The molecule has 2 amide bonds. The standard InChI is InChI=1S/C20H22N2O3/c1-2-25-17-10-8-16(9-11-17)21-19(23)12-7-15-13-14-5-3-4-6-18(14)22-20(15)24/h3-6,8-11,15H,2,7,12-13H2,1H3,(H,21,23)(H,22,24). The lowest BCUT2D eigenvalue weighted by Gasteiger charge is -2.24. The van der Waals surface area contributed by atoms with E-state index in [9.17, 15) is 9.59 Å². The van der Waals surface area contributed by atoms with E-state index in [-0.39, 0.29) is 17.7 Å². The number of ether oxygens (including phenoxy) is 1. The van der Waals surface area contributed by atoms with Crippen LogP contribution in [0.15, 0.2) is 48.5 Å². The minimum Gasteiger partial charge on any atom is -0.494 e. The van der Waals surface area contributed by atoms with E-state index >= 15 is 0 Å². The van der Waals surface area contributed by atoms with Crippen LogP contribution in [0.2, 0.25) is 0 Å². The third-order valence-corrected chi connectivity index (χ3v) is 4.28. The Bertz CT molecular complexity index is 756. The summed E-state index contributed by atoms with van der Waals surface area (Å²) in [5, 5.41) is 5.78. The van der Waals surface area contributed by atoms with Crippen LogP contribution in [0.5, 0.6) is 5.75 Å². The highest BCUT2D eigenvalue weighted by atomic mass is 16.5. The molecule has 0 bridgehead atoms. The van der Waals surface area contributed by atoms with Gasteiger partial charge in [-0.05, 0) is 55.7 Å². The van der Waals surface area contributed by atoms with Crippen LogP contribution in [0, 0.1) is 5.92 Å². The molecule has 0 aliphatic carbocycles. The fraction of sp³-hybridized carbons (Fsp3) is 0.300. The molecule has 2 aromatic rings. The van der Waals surface area contributed by atoms with Gasteiger partial charge in [-0.25, -0.2) is 0 Å². The smallest absolute Gasteiger partial charge is 0.227 e. The molecule has 0 aromatic heterocycles. The number of hydrogen-bond donors (Lipinski definition) is 2. The summed E-state index contributed by atoms with van der Waals surface area (Å²) in [5.41, 5.74) is 2.73. The summed E-state index contributed by atoms with van der Waals surface area (Å²) in [5.74, 6) is 0.516. The molecule has 130 valence electrons. The Morgan fingerprint density at radius 2 is 1.96 bits per heavy atom. The molecule has 25 heavy (non-hydrogen) atoms. The van der Waals surface area contributed by atoms with Gasteiger partial charge >= 0.3 is 0 Å². The number of rotatable bonds is 6. The van der Waals surface area contributed by atoms with Gasteiger partial charge in [0.25, 0.3) is 0 Å². The van der Waals surface area contributed by atoms with E-state index in [1.54, 1.807) is 0 Å². The largest absolute Gasteiger partial charge is 0.494 e. The molecule has 5 heteroatoms. The van der Waals surface area contributed by atoms with Gasteiger partial charge in [-0.15, -0.1) is 0 Å². The van der Waals surface area contributed by atoms with Gasteiger partial charge in [0.15, 0.2) is 0 Å². The second kappa shape index (κ2) is 7.83. The first-order valence-electron chi connectivity index (χ1n) is 8.57. The molecule has 2 aromatic carbocycles. The number of anilines is 2. The Morgan fingerprint density at radius 3 is 2.72 bits per heavy atom. The molecule has 2 N–H and O–H groups in total. The number of benzene rings is 2. The number of para-hydroxylation sites is 1. The first-order chi connectivity index (χ1) is 12.2. The number of nitrogens with one attached hydrogen (secondary N) is 2. The summed E-state index contributed by atoms with van der Waals surface area (Å²) in [6.45, 7) is 2.54. The van der Waals surface area contributed by atoms with Gasteiger partial charge in [0.2, 0.25) is 11.8 Å². The van der Waals surface area contributed by atoms with Crippen molar-refractivity contribution in [3.05, 3.63) is 54.1 Å². The molecule has 1 aliphatic rings. The summed E-state index contributed by atoms with van der Waals surface area (Å²) in [6.07, 6.45) is 1.52. The number of amides is 2. The number of fused-ring (bicyclic) bond motifs is 1. The van der Waals surface area contributed by atoms with Crippen molar-refractivity contribution in [2.24, 2.45) is 5.92 Å². The Labute approximate surface area is 147 Å². The minimum absolute atomic E-state index is 0.00688. The van der Waals surface area contributed by atoms with Crippen LogP contribution in [-0.2, 0) is 16.0 Å². The number of carbonyl (C=O) groups is 2. The van der Waals surface area contributed by atoms with E-state index in [1.807, 2.05) is 55.5 Å². The van der Waals surface area contributed by atoms with Gasteiger partial charge in [0.05, 0.1) is 6.61 Å². The van der Waals surface area contributed by atoms with Crippen LogP contribution in [0.1, 0.15) is 25.3 Å². The number of carbonyl (C=O) groups excluding carboxylic acids is 2. The van der Waals surface area contributed by atoms with Gasteiger partial charge < -0.3 is 15.4 Å². The SMILES string of the molecule is CCOc1ccc(NC(=O)CCC2Cc3ccccc3NC2=O)cc1. The summed E-state index contributed by atoms with van der Waals surface area (Å²) in [6, 6.07) is 15.1. The van der Waals surface area contributed by atoms with E-state index < -0.39 is 0 Å². The average molecular weight is 338 g/mol. The van der Waals surface area contributed by atoms with Crippen molar-refractivity contribution in [2.75, 3.05) is 17.2 Å². The van der Waals surface area contributed by atoms with Crippen molar-refractivity contribution < 1.29 is 14.3 Å². The molecular formula is C20H22N2O3. The fourth-order valence-electron chi connectivity index (χ4n) is 2.98. The minimum atomic E-state index is -0.166. The third-order valence-electron chi connectivity index (χ3n) is 4.28. The molecule has 3 rings (SSSR count). The van der Waals surface area contributed by atoms with Crippen molar-refractivity contribution in [2.45, 2.75) is 26.2 Å². The molecule has 1 atom stereocenters. The van der Waals surface area contributed by atoms with Crippen LogP contribution < -0.4 is 15.4 Å². The lowest BCUT2D eigenvalue weighted by molar-refractivity contribution is -0.121. The lowest BCUT2D eigenvalue weighted by Crippen LogP contribution is -2.30. The van der Waals surface area contributed by atoms with Crippen molar-refractivity contribution in [1.82, 2.24) is 0 Å². The van der Waals surface area contributed by atoms with E-state index in [2.05, 4.69) is 10.6 Å². The van der Waals surface area contributed by atoms with Crippen LogP contribution in [-0.4, -0.2) is 18.4 Å². The zero-order chi connectivity index (χ0) is 17.6. The van der Waals surface area contributed by atoms with Crippen molar-refractivity contribution in [3.63, 3.8) is 0 Å². The molecule has 5 nitrogen and oxygen atoms in total. The van der Waals surface area contributed by atoms with Crippen LogP contribution in [0.3, 0.4) is 0 Å². The van der Waals surface area contributed by atoms with E-state index in [1.165, 1.54) is 0 Å². The molecule has 0 saturated carbocycles. The lowest BCUT2D eigenvalue weighted by atomic mass is 9.89. The Morgan fingerprint density at radius 1 is 1.20 bits per heavy atom. The zero-order valence-corrected chi connectivity index (χ0v) is 14.2. The maximum atomic E-state index is 12.2. The molecule has 1 aliphatic heterocycles. The number of hydrogen-bond acceptors (Lipinski definition) is 3. The topological polar surface area (TPSA) is 67.4 Å². The summed E-state index contributed by atoms with van der Waals surface area (Å²) in [4.78, 5) is 24.3. The highest BCUT2D eigenvalue weighted by Crippen LogP contribution is 2.27. The summed E-state index contributed by atoms with van der Waals surface area (Å²) in [7, 11) is 0. The molecule has 0 fully saturated rings. The van der Waals surface area contributed by atoms with Crippen LogP contribution in [0.25, 0.3) is 0 Å². The fourth-order valence-corrected chi connectivity index (χ4v) is 2.98. The van der Waals surface area contributed by atoms with Gasteiger partial charge in [-0.2, -0.15) is 0 Å². The predicted molar refractivity (Wildman–Crippen MR) is 97.7 cm³/mol. The molecule has 0 saturated heterocycles. The Kier molecular flexibility index (Phi) is 5.33. The normalized spacial score (nSPS) is 15.9. The first kappa shape index (κ1) is 17.0. The van der Waals surface area contributed by atoms with Gasteiger partial charge in [0, 0.05) is 23.7 Å². The second-order valence-electron chi connectivity index (χ2n) is 6.09. The summed E-state index contributed by atoms with van der Waals surface area (Å²) >= 11 is 0. The highest BCUT2D eigenvalue weighted by molar-refractivity contribution is 5.96. The monoisotopic (exact) mass is 338 g/mol. The average Bonchev–Trinajstić information content (AvgIpc) is 2.62. The molecule has 1 unspecified atom stereocenters. The van der Waals surface area contributed by atoms with Crippen LogP contribution in [0.4, 0.5) is 11.4 Å². The second-order valence-corrected chi connectivity index (χ2v) is 6.09. The van der Waals surface area contributed by atoms with Crippen molar-refractivity contribution >= 4 is 23.2 Å². The van der Waals surface area contributed by atoms with Gasteiger partial charge in [-0.3, -0.25) is 9.59 Å². The van der Waals surface area contributed by atoms with E-state index in [0.717, 1.165) is 22.7 Å². The molecular weight excluding hydrogens is 316 g/mol. The predicted octanol–water partition coefficient (Wildman–Crippen LogP) is 3.62. The Balaban J connectivity index is 1.51. The zero-order valence-electron chi connectivity index (χ0n) is 14.2. The summed E-state index contributed by atoms with van der Waals surface area (Å²) < 4.78 is 5.38. The molecule has 0 radical (unpaired) electrons. The van der Waals surface area contributed by atoms with Crippen molar-refractivity contribution in [3.8, 4) is 5.75 Å². The maximum absolute atomic E-state index is 12.2. The third kappa shape index (κ3) is 4.38. The quantitative estimate of drug-likeness (QED) is 0.845. The van der Waals surface area contributed by atoms with E-state index in [4.69, 9.17) is 4.74 Å². The van der Waals surface area contributed by atoms with Crippen molar-refractivity contribution in [1.29, 1.82) is 0 Å². The molecule has 0 spiro atoms. The van der Waals surface area contributed by atoms with Gasteiger partial charge in [0.1, 0.15) is 5.75 Å². The maximum Gasteiger partial charge on any atom is 0.227 e. The van der Waals surface area contributed by atoms with Crippen LogP contribution >= 0.6 is 0 Å². The highest BCUT2D eigenvalue weighted by Gasteiger charge is 2.26. The Hall–Kier alpha value is -2.82. The molecule has 1 heterocycles.